The fourth-order valence-electron chi connectivity index (χ4n) is 3.10. The molecule has 102 valence electrons. The van der Waals surface area contributed by atoms with E-state index in [9.17, 15) is 4.79 Å². The lowest BCUT2D eigenvalue weighted by molar-refractivity contribution is -0.138. The van der Waals surface area contributed by atoms with Gasteiger partial charge in [0.2, 0.25) is 5.91 Å². The number of hydrogen-bond donors (Lipinski definition) is 1. The maximum Gasteiger partial charge on any atom is 0.227 e. The average Bonchev–Trinajstić information content (AvgIpc) is 2.91. The Morgan fingerprint density at radius 2 is 2.26 bits per heavy atom. The van der Waals surface area contributed by atoms with Crippen molar-refractivity contribution in [3.05, 3.63) is 34.3 Å². The molecule has 3 nitrogen and oxygen atoms in total. The van der Waals surface area contributed by atoms with Crippen molar-refractivity contribution in [1.29, 1.82) is 0 Å². The highest BCUT2D eigenvalue weighted by atomic mass is 35.5. The van der Waals surface area contributed by atoms with Crippen molar-refractivity contribution >= 4 is 17.5 Å². The standard InChI is InChI=1S/C15H19ClN2O/c1-10-6-11-2-3-14(16)7-13(11)9-18(10)15(19)12-4-5-17-8-12/h2-3,7,10,12,17H,4-6,8-9H2,1H3/t10-,12-/m0/s1. The van der Waals surface area contributed by atoms with Crippen molar-refractivity contribution in [1.82, 2.24) is 10.2 Å². The van der Waals surface area contributed by atoms with Crippen molar-refractivity contribution in [2.45, 2.75) is 32.4 Å². The fourth-order valence-corrected chi connectivity index (χ4v) is 3.30. The summed E-state index contributed by atoms with van der Waals surface area (Å²) in [6, 6.07) is 6.30. The third-order valence-corrected chi connectivity index (χ3v) is 4.48. The number of hydrogen-bond acceptors (Lipinski definition) is 2. The topological polar surface area (TPSA) is 32.3 Å². The van der Waals surface area contributed by atoms with Gasteiger partial charge in [0.15, 0.2) is 0 Å². The molecule has 1 amide bonds. The Balaban J connectivity index is 1.82. The van der Waals surface area contributed by atoms with Gasteiger partial charge in [-0.2, -0.15) is 0 Å². The van der Waals surface area contributed by atoms with Gasteiger partial charge in [0.05, 0.1) is 5.92 Å². The second-order valence-corrected chi connectivity index (χ2v) is 6.06. The third-order valence-electron chi connectivity index (χ3n) is 4.25. The fraction of sp³-hybridized carbons (Fsp3) is 0.533. The summed E-state index contributed by atoms with van der Waals surface area (Å²) in [4.78, 5) is 14.6. The molecule has 0 unspecified atom stereocenters. The molecule has 1 fully saturated rings. The van der Waals surface area contributed by atoms with Crippen LogP contribution in [0.25, 0.3) is 0 Å². The van der Waals surface area contributed by atoms with E-state index in [0.29, 0.717) is 12.5 Å². The Morgan fingerprint density at radius 1 is 1.42 bits per heavy atom. The Labute approximate surface area is 118 Å². The van der Waals surface area contributed by atoms with Gasteiger partial charge in [0.1, 0.15) is 0 Å². The van der Waals surface area contributed by atoms with E-state index < -0.39 is 0 Å². The molecule has 2 heterocycles. The lowest BCUT2D eigenvalue weighted by Crippen LogP contribution is -2.45. The second-order valence-electron chi connectivity index (χ2n) is 5.62. The zero-order valence-electron chi connectivity index (χ0n) is 11.2. The summed E-state index contributed by atoms with van der Waals surface area (Å²) in [6.07, 6.45) is 1.89. The molecule has 4 heteroatoms. The quantitative estimate of drug-likeness (QED) is 0.854. The van der Waals surface area contributed by atoms with E-state index in [0.717, 1.165) is 31.0 Å². The number of fused-ring (bicyclic) bond motifs is 1. The SMILES string of the molecule is C[C@H]1Cc2ccc(Cl)cc2CN1C(=O)[C@H]1CCNC1. The highest BCUT2D eigenvalue weighted by Crippen LogP contribution is 2.27. The van der Waals surface area contributed by atoms with Crippen molar-refractivity contribution in [3.63, 3.8) is 0 Å². The molecule has 1 saturated heterocycles. The highest BCUT2D eigenvalue weighted by molar-refractivity contribution is 6.30. The first-order chi connectivity index (χ1) is 9.15. The van der Waals surface area contributed by atoms with Crippen molar-refractivity contribution in [2.24, 2.45) is 5.92 Å². The molecule has 0 saturated carbocycles. The van der Waals surface area contributed by atoms with E-state index in [1.807, 2.05) is 17.0 Å². The van der Waals surface area contributed by atoms with E-state index in [-0.39, 0.29) is 12.0 Å². The maximum atomic E-state index is 12.6. The van der Waals surface area contributed by atoms with E-state index >= 15 is 0 Å². The minimum atomic E-state index is 0.156. The molecule has 0 bridgehead atoms. The number of carbonyl (C=O) groups is 1. The first kappa shape index (κ1) is 12.9. The van der Waals surface area contributed by atoms with Gasteiger partial charge in [-0.1, -0.05) is 17.7 Å². The van der Waals surface area contributed by atoms with Crippen LogP contribution in [0.3, 0.4) is 0 Å². The maximum absolute atomic E-state index is 12.6. The zero-order valence-corrected chi connectivity index (χ0v) is 11.9. The van der Waals surface area contributed by atoms with Gasteiger partial charge in [0.25, 0.3) is 0 Å². The van der Waals surface area contributed by atoms with E-state index in [1.165, 1.54) is 11.1 Å². The van der Waals surface area contributed by atoms with Crippen molar-refractivity contribution in [2.75, 3.05) is 13.1 Å². The Morgan fingerprint density at radius 3 is 3.00 bits per heavy atom. The minimum Gasteiger partial charge on any atom is -0.335 e. The van der Waals surface area contributed by atoms with Crippen LogP contribution >= 0.6 is 11.6 Å². The molecular formula is C15H19ClN2O. The van der Waals surface area contributed by atoms with Crippen LogP contribution in [0.2, 0.25) is 5.02 Å². The molecule has 2 aliphatic rings. The summed E-state index contributed by atoms with van der Waals surface area (Å²) in [7, 11) is 0. The van der Waals surface area contributed by atoms with Crippen molar-refractivity contribution in [3.8, 4) is 0 Å². The van der Waals surface area contributed by atoms with Gasteiger partial charge in [0, 0.05) is 24.2 Å². The summed E-state index contributed by atoms with van der Waals surface area (Å²) in [6.45, 7) is 4.62. The van der Waals surface area contributed by atoms with Gasteiger partial charge in [-0.15, -0.1) is 0 Å². The van der Waals surface area contributed by atoms with Crippen LogP contribution < -0.4 is 5.32 Å². The second kappa shape index (κ2) is 5.14. The molecule has 0 aromatic heterocycles. The summed E-state index contributed by atoms with van der Waals surface area (Å²) >= 11 is 6.05. The first-order valence-electron chi connectivity index (χ1n) is 6.93. The molecule has 0 spiro atoms. The third kappa shape index (κ3) is 2.49. The molecule has 1 N–H and O–H groups in total. The average molecular weight is 279 g/mol. The number of nitrogens with one attached hydrogen (secondary N) is 1. The van der Waals surface area contributed by atoms with E-state index in [2.05, 4.69) is 18.3 Å². The molecule has 2 atom stereocenters. The highest BCUT2D eigenvalue weighted by Gasteiger charge is 2.32. The monoisotopic (exact) mass is 278 g/mol. The number of nitrogens with zero attached hydrogens (tertiary/aromatic N) is 1. The van der Waals surface area contributed by atoms with Gasteiger partial charge in [-0.05, 0) is 49.6 Å². The molecular weight excluding hydrogens is 260 g/mol. The number of halogens is 1. The van der Waals surface area contributed by atoms with Crippen LogP contribution in [0.15, 0.2) is 18.2 Å². The van der Waals surface area contributed by atoms with E-state index in [4.69, 9.17) is 11.6 Å². The smallest absolute Gasteiger partial charge is 0.227 e. The zero-order chi connectivity index (χ0) is 13.4. The minimum absolute atomic E-state index is 0.156. The van der Waals surface area contributed by atoms with Gasteiger partial charge in [-0.3, -0.25) is 4.79 Å². The number of benzene rings is 1. The van der Waals surface area contributed by atoms with Crippen LogP contribution in [0, 0.1) is 5.92 Å². The molecule has 2 aliphatic heterocycles. The van der Waals surface area contributed by atoms with Crippen molar-refractivity contribution < 1.29 is 4.79 Å². The Kier molecular flexibility index (Phi) is 3.50. The largest absolute Gasteiger partial charge is 0.335 e. The summed E-state index contributed by atoms with van der Waals surface area (Å²) in [5.41, 5.74) is 2.52. The molecule has 1 aromatic carbocycles. The number of rotatable bonds is 1. The number of amides is 1. The van der Waals surface area contributed by atoms with Gasteiger partial charge < -0.3 is 10.2 Å². The van der Waals surface area contributed by atoms with Crippen LogP contribution in [-0.4, -0.2) is 29.9 Å². The number of carbonyl (C=O) groups excluding carboxylic acids is 1. The summed E-state index contributed by atoms with van der Waals surface area (Å²) in [5, 5.41) is 4.02. The normalized spacial score (nSPS) is 26.3. The van der Waals surface area contributed by atoms with Crippen LogP contribution in [0.1, 0.15) is 24.5 Å². The summed E-state index contributed by atoms with van der Waals surface area (Å²) < 4.78 is 0. The van der Waals surface area contributed by atoms with Gasteiger partial charge >= 0.3 is 0 Å². The molecule has 3 rings (SSSR count). The molecule has 19 heavy (non-hydrogen) atoms. The lowest BCUT2D eigenvalue weighted by atomic mass is 9.93. The predicted molar refractivity (Wildman–Crippen MR) is 76.1 cm³/mol. The molecule has 1 aromatic rings. The Hall–Kier alpha value is -1.06. The summed E-state index contributed by atoms with van der Waals surface area (Å²) in [5.74, 6) is 0.450. The van der Waals surface area contributed by atoms with Crippen LogP contribution in [0.4, 0.5) is 0 Å². The van der Waals surface area contributed by atoms with Crippen LogP contribution in [-0.2, 0) is 17.8 Å². The predicted octanol–water partition coefficient (Wildman–Crippen LogP) is 2.22. The lowest BCUT2D eigenvalue weighted by Gasteiger charge is -2.36. The van der Waals surface area contributed by atoms with Gasteiger partial charge in [-0.25, -0.2) is 0 Å². The Bertz CT molecular complexity index is 497. The molecule has 0 aliphatic carbocycles. The molecule has 0 radical (unpaired) electrons. The van der Waals surface area contributed by atoms with E-state index in [1.54, 1.807) is 0 Å². The van der Waals surface area contributed by atoms with Crippen LogP contribution in [0.5, 0.6) is 0 Å². The first-order valence-corrected chi connectivity index (χ1v) is 7.31.